The maximum atomic E-state index is 12.3. The minimum Gasteiger partial charge on any atom is -0.479 e. The van der Waals surface area contributed by atoms with Crippen molar-refractivity contribution in [2.24, 2.45) is 0 Å². The van der Waals surface area contributed by atoms with Gasteiger partial charge in [0.2, 0.25) is 0 Å². The highest BCUT2D eigenvalue weighted by atomic mass is 16.4. The molecule has 0 radical (unpaired) electrons. The second kappa shape index (κ2) is 4.20. The van der Waals surface area contributed by atoms with E-state index >= 15 is 0 Å². The lowest BCUT2D eigenvalue weighted by atomic mass is 9.99. The zero-order chi connectivity index (χ0) is 13.6. The summed E-state index contributed by atoms with van der Waals surface area (Å²) in [5.41, 5.74) is 1.48. The molecule has 1 aromatic heterocycles. The molecule has 0 unspecified atom stereocenters. The number of aliphatic carboxylic acids is 1. The number of aryl methyl sites for hydroxylation is 2. The topological polar surface area (TPSA) is 79.5 Å². The van der Waals surface area contributed by atoms with E-state index in [4.69, 9.17) is 5.11 Å². The van der Waals surface area contributed by atoms with Gasteiger partial charge in [-0.05, 0) is 29.9 Å². The number of carbonyl (C=O) groups is 1. The van der Waals surface area contributed by atoms with E-state index < -0.39 is 17.6 Å². The second-order valence-corrected chi connectivity index (χ2v) is 4.76. The second-order valence-electron chi connectivity index (χ2n) is 4.76. The predicted octanol–water partition coefficient (Wildman–Crippen LogP) is 1.07. The fraction of sp³-hybridized carbons (Fsp3) is 0.286. The molecule has 1 aromatic carbocycles. The first kappa shape index (κ1) is 11.9. The number of para-hydroxylation sites is 1. The summed E-state index contributed by atoms with van der Waals surface area (Å²) >= 11 is 0. The molecule has 0 saturated carbocycles. The predicted molar refractivity (Wildman–Crippen MR) is 69.1 cm³/mol. The van der Waals surface area contributed by atoms with Crippen molar-refractivity contribution < 1.29 is 15.0 Å². The number of carboxylic acids is 1. The van der Waals surface area contributed by atoms with E-state index in [2.05, 4.69) is 0 Å². The fourth-order valence-electron chi connectivity index (χ4n) is 2.72. The van der Waals surface area contributed by atoms with Crippen LogP contribution in [0.5, 0.6) is 0 Å². The minimum absolute atomic E-state index is 0.0703. The molecular formula is C14H13NO4. The van der Waals surface area contributed by atoms with Crippen LogP contribution in [0.1, 0.15) is 23.7 Å². The van der Waals surface area contributed by atoms with Crippen LogP contribution in [0.3, 0.4) is 0 Å². The summed E-state index contributed by atoms with van der Waals surface area (Å²) in [4.78, 5) is 23.2. The van der Waals surface area contributed by atoms with Crippen molar-refractivity contribution in [2.75, 3.05) is 0 Å². The lowest BCUT2D eigenvalue weighted by Gasteiger charge is -2.20. The largest absolute Gasteiger partial charge is 0.479 e. The molecule has 5 heteroatoms. The molecule has 1 aliphatic rings. The summed E-state index contributed by atoms with van der Waals surface area (Å²) in [5.74, 6) is -1.41. The Bertz CT molecular complexity index is 732. The molecular weight excluding hydrogens is 246 g/mol. The van der Waals surface area contributed by atoms with Gasteiger partial charge in [0.05, 0.1) is 11.1 Å². The lowest BCUT2D eigenvalue weighted by molar-refractivity contribution is -0.147. The van der Waals surface area contributed by atoms with E-state index in [-0.39, 0.29) is 5.56 Å². The van der Waals surface area contributed by atoms with Gasteiger partial charge in [0.25, 0.3) is 5.56 Å². The van der Waals surface area contributed by atoms with E-state index in [0.29, 0.717) is 6.54 Å². The van der Waals surface area contributed by atoms with Crippen molar-refractivity contribution in [3.8, 4) is 0 Å². The van der Waals surface area contributed by atoms with Gasteiger partial charge in [-0.2, -0.15) is 0 Å². The maximum Gasteiger partial charge on any atom is 0.337 e. The van der Waals surface area contributed by atoms with E-state index in [9.17, 15) is 14.7 Å². The van der Waals surface area contributed by atoms with Crippen LogP contribution >= 0.6 is 0 Å². The molecule has 19 heavy (non-hydrogen) atoms. The van der Waals surface area contributed by atoms with E-state index in [1.807, 2.05) is 18.2 Å². The molecule has 0 spiro atoms. The normalized spacial score (nSPS) is 15.4. The van der Waals surface area contributed by atoms with Crippen LogP contribution < -0.4 is 5.56 Å². The molecule has 3 rings (SSSR count). The third-order valence-electron chi connectivity index (χ3n) is 3.58. The van der Waals surface area contributed by atoms with Crippen molar-refractivity contribution in [3.05, 3.63) is 45.7 Å². The Morgan fingerprint density at radius 2 is 2.16 bits per heavy atom. The van der Waals surface area contributed by atoms with Crippen LogP contribution in [0.25, 0.3) is 10.9 Å². The number of nitrogens with zero attached hydrogens (tertiary/aromatic N) is 1. The van der Waals surface area contributed by atoms with Gasteiger partial charge in [-0.25, -0.2) is 4.79 Å². The number of carboxylic acid groups (broad SMARTS) is 1. The number of benzene rings is 1. The van der Waals surface area contributed by atoms with Crippen molar-refractivity contribution in [1.82, 2.24) is 4.57 Å². The van der Waals surface area contributed by atoms with Crippen molar-refractivity contribution in [3.63, 3.8) is 0 Å². The smallest absolute Gasteiger partial charge is 0.337 e. The molecule has 0 saturated heterocycles. The molecule has 98 valence electrons. The average molecular weight is 259 g/mol. The molecule has 1 atom stereocenters. The molecule has 0 bridgehead atoms. The molecule has 2 N–H and O–H groups in total. The minimum atomic E-state index is -1.77. The fourth-order valence-corrected chi connectivity index (χ4v) is 2.72. The Labute approximate surface area is 108 Å². The summed E-state index contributed by atoms with van der Waals surface area (Å²) in [6.45, 7) is 0.562. The van der Waals surface area contributed by atoms with Gasteiger partial charge in [0.15, 0.2) is 6.10 Å². The van der Waals surface area contributed by atoms with Crippen molar-refractivity contribution >= 4 is 16.9 Å². The van der Waals surface area contributed by atoms with Crippen LogP contribution in [-0.4, -0.2) is 20.7 Å². The Morgan fingerprint density at radius 3 is 2.89 bits per heavy atom. The third-order valence-corrected chi connectivity index (χ3v) is 3.58. The number of hydrogen-bond acceptors (Lipinski definition) is 3. The van der Waals surface area contributed by atoms with E-state index in [0.717, 1.165) is 29.3 Å². The highest BCUT2D eigenvalue weighted by Gasteiger charge is 2.23. The average Bonchev–Trinajstić information content (AvgIpc) is 2.42. The van der Waals surface area contributed by atoms with Gasteiger partial charge in [-0.1, -0.05) is 18.2 Å². The van der Waals surface area contributed by atoms with Gasteiger partial charge in [-0.15, -0.1) is 0 Å². The first-order valence-electron chi connectivity index (χ1n) is 6.16. The monoisotopic (exact) mass is 259 g/mol. The highest BCUT2D eigenvalue weighted by Crippen LogP contribution is 2.25. The van der Waals surface area contributed by atoms with Crippen molar-refractivity contribution in [1.29, 1.82) is 0 Å². The molecule has 2 heterocycles. The molecule has 0 aliphatic carbocycles. The summed E-state index contributed by atoms with van der Waals surface area (Å²) in [7, 11) is 0. The first-order chi connectivity index (χ1) is 9.09. The lowest BCUT2D eigenvalue weighted by Crippen LogP contribution is -2.30. The Balaban J connectivity index is 2.37. The van der Waals surface area contributed by atoms with Crippen molar-refractivity contribution in [2.45, 2.75) is 25.5 Å². The summed E-state index contributed by atoms with van der Waals surface area (Å²) in [5, 5.41) is 19.3. The standard InChI is InChI=1S/C14H13NO4/c16-12(14(18)19)10-7-9-4-1-3-8-5-2-6-15(11(8)9)13(10)17/h1,3-4,7,12,16H,2,5-6H2,(H,18,19)/t12-/m1/s1. The van der Waals surface area contributed by atoms with Crippen LogP contribution in [0.4, 0.5) is 0 Å². The zero-order valence-electron chi connectivity index (χ0n) is 10.2. The molecule has 0 fully saturated rings. The quantitative estimate of drug-likeness (QED) is 0.845. The molecule has 5 nitrogen and oxygen atoms in total. The number of aliphatic hydroxyl groups is 1. The van der Waals surface area contributed by atoms with Crippen LogP contribution in [0, 0.1) is 0 Å². The Hall–Kier alpha value is -2.14. The maximum absolute atomic E-state index is 12.3. The van der Waals surface area contributed by atoms with Crippen LogP contribution in [-0.2, 0) is 17.8 Å². The molecule has 2 aromatic rings. The highest BCUT2D eigenvalue weighted by molar-refractivity contribution is 5.85. The van der Waals surface area contributed by atoms with Gasteiger partial charge < -0.3 is 14.8 Å². The van der Waals surface area contributed by atoms with Crippen LogP contribution in [0.15, 0.2) is 29.1 Å². The van der Waals surface area contributed by atoms with Gasteiger partial charge in [-0.3, -0.25) is 4.79 Å². The number of aromatic nitrogens is 1. The van der Waals surface area contributed by atoms with E-state index in [1.54, 1.807) is 4.57 Å². The summed E-state index contributed by atoms with van der Waals surface area (Å²) in [6, 6.07) is 7.18. The Morgan fingerprint density at radius 1 is 1.37 bits per heavy atom. The molecule has 1 aliphatic heterocycles. The van der Waals surface area contributed by atoms with E-state index in [1.165, 1.54) is 6.07 Å². The van der Waals surface area contributed by atoms with Gasteiger partial charge >= 0.3 is 5.97 Å². The summed E-state index contributed by atoms with van der Waals surface area (Å²) < 4.78 is 1.58. The molecule has 0 amide bonds. The van der Waals surface area contributed by atoms with Crippen LogP contribution in [0.2, 0.25) is 0 Å². The third kappa shape index (κ3) is 1.74. The zero-order valence-corrected chi connectivity index (χ0v) is 10.2. The number of rotatable bonds is 2. The van der Waals surface area contributed by atoms with Gasteiger partial charge in [0.1, 0.15) is 0 Å². The Kier molecular flexibility index (Phi) is 2.64. The first-order valence-corrected chi connectivity index (χ1v) is 6.16. The summed E-state index contributed by atoms with van der Waals surface area (Å²) in [6.07, 6.45) is -0.0118. The number of aliphatic hydroxyl groups excluding tert-OH is 1. The SMILES string of the molecule is O=C(O)[C@H](O)c1cc2cccc3c2n(c1=O)CCC3. The number of pyridine rings is 1. The number of hydrogen-bond donors (Lipinski definition) is 2. The van der Waals surface area contributed by atoms with Gasteiger partial charge in [0, 0.05) is 6.54 Å².